The summed E-state index contributed by atoms with van der Waals surface area (Å²) < 4.78 is 25.7. The molecule has 2 N–H and O–H groups in total. The smallest absolute Gasteiger partial charge is 0.229 e. The fourth-order valence-corrected chi connectivity index (χ4v) is 3.88. The normalized spacial score (nSPS) is 14.3. The Labute approximate surface area is 166 Å². The Bertz CT molecular complexity index is 1110. The molecule has 0 unspecified atom stereocenters. The molecule has 0 saturated heterocycles. The van der Waals surface area contributed by atoms with Gasteiger partial charge in [0.05, 0.1) is 34.0 Å². The van der Waals surface area contributed by atoms with Crippen LogP contribution in [0.3, 0.4) is 0 Å². The zero-order valence-corrected chi connectivity index (χ0v) is 16.5. The molecule has 0 radical (unpaired) electrons. The summed E-state index contributed by atoms with van der Waals surface area (Å²) in [6, 6.07) is 4.89. The van der Waals surface area contributed by atoms with Gasteiger partial charge in [0.1, 0.15) is 12.2 Å². The van der Waals surface area contributed by atoms with Gasteiger partial charge in [0.25, 0.3) is 0 Å². The lowest BCUT2D eigenvalue weighted by molar-refractivity contribution is 0.607. The first-order valence-electron chi connectivity index (χ1n) is 8.15. The SMILES string of the molecule is CS(=O)(=O)Nc1cc(Cl)cc(-c2nc(C3CC3)[nH]c2-c2ccncn2)c1Cl. The van der Waals surface area contributed by atoms with E-state index in [0.29, 0.717) is 33.6 Å². The summed E-state index contributed by atoms with van der Waals surface area (Å²) in [6.45, 7) is 0. The molecule has 0 aliphatic heterocycles. The lowest BCUT2D eigenvalue weighted by Crippen LogP contribution is -2.10. The van der Waals surface area contributed by atoms with E-state index in [0.717, 1.165) is 24.9 Å². The van der Waals surface area contributed by atoms with Gasteiger partial charge in [-0.1, -0.05) is 23.2 Å². The van der Waals surface area contributed by atoms with Gasteiger partial charge in [0.2, 0.25) is 10.0 Å². The highest BCUT2D eigenvalue weighted by Crippen LogP contribution is 2.44. The van der Waals surface area contributed by atoms with Crippen molar-refractivity contribution in [3.63, 3.8) is 0 Å². The van der Waals surface area contributed by atoms with Gasteiger partial charge in [0, 0.05) is 22.7 Å². The van der Waals surface area contributed by atoms with Gasteiger partial charge in [-0.15, -0.1) is 0 Å². The third-order valence-corrected chi connectivity index (χ3v) is 5.33. The van der Waals surface area contributed by atoms with E-state index in [1.807, 2.05) is 0 Å². The van der Waals surface area contributed by atoms with Crippen LogP contribution in [0.1, 0.15) is 24.6 Å². The summed E-state index contributed by atoms with van der Waals surface area (Å²) in [5.41, 5.74) is 2.64. The molecular weight excluding hydrogens is 409 g/mol. The highest BCUT2D eigenvalue weighted by Gasteiger charge is 2.29. The Morgan fingerprint density at radius 3 is 2.67 bits per heavy atom. The van der Waals surface area contributed by atoms with Gasteiger partial charge in [-0.25, -0.2) is 23.4 Å². The molecule has 0 amide bonds. The molecule has 7 nitrogen and oxygen atoms in total. The van der Waals surface area contributed by atoms with Crippen LogP contribution in [0.25, 0.3) is 22.6 Å². The van der Waals surface area contributed by atoms with E-state index >= 15 is 0 Å². The molecule has 3 aromatic rings. The van der Waals surface area contributed by atoms with Gasteiger partial charge < -0.3 is 4.98 Å². The predicted octanol–water partition coefficient (Wildman–Crippen LogP) is 4.09. The third kappa shape index (κ3) is 3.92. The van der Waals surface area contributed by atoms with E-state index in [1.165, 1.54) is 12.4 Å². The van der Waals surface area contributed by atoms with Crippen LogP contribution in [0.2, 0.25) is 10.0 Å². The van der Waals surface area contributed by atoms with Crippen molar-refractivity contribution in [2.45, 2.75) is 18.8 Å². The Morgan fingerprint density at radius 2 is 2.04 bits per heavy atom. The minimum atomic E-state index is -3.52. The van der Waals surface area contributed by atoms with Crippen molar-refractivity contribution in [3.8, 4) is 22.6 Å². The predicted molar refractivity (Wildman–Crippen MR) is 106 cm³/mol. The van der Waals surface area contributed by atoms with Crippen LogP contribution in [0.5, 0.6) is 0 Å². The maximum absolute atomic E-state index is 11.7. The minimum Gasteiger partial charge on any atom is -0.340 e. The molecule has 10 heteroatoms. The van der Waals surface area contributed by atoms with E-state index in [4.69, 9.17) is 28.2 Å². The topological polar surface area (TPSA) is 101 Å². The van der Waals surface area contributed by atoms with Gasteiger partial charge in [-0.3, -0.25) is 4.72 Å². The number of aromatic nitrogens is 4. The van der Waals surface area contributed by atoms with E-state index < -0.39 is 10.0 Å². The van der Waals surface area contributed by atoms with Crippen molar-refractivity contribution in [1.82, 2.24) is 19.9 Å². The molecular formula is C17H15Cl2N5O2S. The average Bonchev–Trinajstić information content (AvgIpc) is 3.36. The standard InChI is InChI=1S/C17H15Cl2N5O2S/c1-27(25,26)24-13-7-10(18)6-11(14(13)19)15-16(12-4-5-20-8-21-12)23-17(22-15)9-2-3-9/h4-9,24H,2-3H2,1H3,(H,22,23). The number of benzene rings is 1. The number of H-pyrrole nitrogens is 1. The first-order chi connectivity index (χ1) is 12.8. The summed E-state index contributed by atoms with van der Waals surface area (Å²) >= 11 is 12.7. The van der Waals surface area contributed by atoms with Gasteiger partial charge in [0.15, 0.2) is 0 Å². The molecule has 0 spiro atoms. The van der Waals surface area contributed by atoms with Crippen molar-refractivity contribution in [1.29, 1.82) is 0 Å². The molecule has 0 atom stereocenters. The lowest BCUT2D eigenvalue weighted by Gasteiger charge is -2.11. The molecule has 2 heterocycles. The van der Waals surface area contributed by atoms with Crippen LogP contribution >= 0.6 is 23.2 Å². The fourth-order valence-electron chi connectivity index (χ4n) is 2.80. The second kappa shape index (κ2) is 6.78. The zero-order chi connectivity index (χ0) is 19.2. The van der Waals surface area contributed by atoms with E-state index in [-0.39, 0.29) is 10.7 Å². The van der Waals surface area contributed by atoms with Crippen molar-refractivity contribution in [2.75, 3.05) is 11.0 Å². The Hall–Kier alpha value is -2.16. The highest BCUT2D eigenvalue weighted by atomic mass is 35.5. The van der Waals surface area contributed by atoms with Crippen LogP contribution in [-0.2, 0) is 10.0 Å². The summed E-state index contributed by atoms with van der Waals surface area (Å²) in [6.07, 6.45) is 6.28. The highest BCUT2D eigenvalue weighted by molar-refractivity contribution is 7.92. The van der Waals surface area contributed by atoms with Crippen molar-refractivity contribution >= 4 is 38.9 Å². The van der Waals surface area contributed by atoms with Crippen LogP contribution in [0, 0.1) is 0 Å². The van der Waals surface area contributed by atoms with E-state index in [9.17, 15) is 8.42 Å². The molecule has 140 valence electrons. The number of rotatable bonds is 5. The Balaban J connectivity index is 1.91. The number of aromatic amines is 1. The van der Waals surface area contributed by atoms with E-state index in [2.05, 4.69) is 19.7 Å². The molecule has 1 fully saturated rings. The maximum Gasteiger partial charge on any atom is 0.229 e. The lowest BCUT2D eigenvalue weighted by atomic mass is 10.1. The maximum atomic E-state index is 11.7. The van der Waals surface area contributed by atoms with Crippen molar-refractivity contribution in [2.24, 2.45) is 0 Å². The second-order valence-electron chi connectivity index (χ2n) is 6.40. The molecule has 1 saturated carbocycles. The van der Waals surface area contributed by atoms with Gasteiger partial charge in [-0.2, -0.15) is 0 Å². The summed E-state index contributed by atoms with van der Waals surface area (Å²) in [4.78, 5) is 16.3. The number of hydrogen-bond donors (Lipinski definition) is 2. The number of anilines is 1. The largest absolute Gasteiger partial charge is 0.340 e. The van der Waals surface area contributed by atoms with Crippen molar-refractivity contribution in [3.05, 3.63) is 46.6 Å². The molecule has 2 aromatic heterocycles. The number of nitrogens with zero attached hydrogens (tertiary/aromatic N) is 3. The monoisotopic (exact) mass is 423 g/mol. The Kier molecular flexibility index (Phi) is 4.57. The number of sulfonamides is 1. The first-order valence-corrected chi connectivity index (χ1v) is 10.8. The number of nitrogens with one attached hydrogen (secondary N) is 2. The average molecular weight is 424 g/mol. The quantitative estimate of drug-likeness (QED) is 0.643. The third-order valence-electron chi connectivity index (χ3n) is 4.11. The Morgan fingerprint density at radius 1 is 1.26 bits per heavy atom. The molecule has 0 bridgehead atoms. The van der Waals surface area contributed by atoms with Crippen LogP contribution in [0.15, 0.2) is 30.7 Å². The van der Waals surface area contributed by atoms with Crippen LogP contribution < -0.4 is 4.72 Å². The number of halogens is 2. The summed E-state index contributed by atoms with van der Waals surface area (Å²) in [5, 5.41) is 0.555. The van der Waals surface area contributed by atoms with E-state index in [1.54, 1.807) is 18.3 Å². The molecule has 1 aliphatic rings. The van der Waals surface area contributed by atoms with Crippen molar-refractivity contribution < 1.29 is 8.42 Å². The van der Waals surface area contributed by atoms with Gasteiger partial charge in [-0.05, 0) is 31.0 Å². The first kappa shape index (κ1) is 18.2. The van der Waals surface area contributed by atoms with Crippen LogP contribution in [0.4, 0.5) is 5.69 Å². The molecule has 4 rings (SSSR count). The number of hydrogen-bond acceptors (Lipinski definition) is 5. The summed E-state index contributed by atoms with van der Waals surface area (Å²) in [7, 11) is -3.52. The minimum absolute atomic E-state index is 0.200. The fraction of sp³-hybridized carbons (Fsp3) is 0.235. The molecule has 1 aromatic carbocycles. The molecule has 27 heavy (non-hydrogen) atoms. The van der Waals surface area contributed by atoms with Gasteiger partial charge >= 0.3 is 0 Å². The second-order valence-corrected chi connectivity index (χ2v) is 8.97. The molecule has 1 aliphatic carbocycles. The van der Waals surface area contributed by atoms with Crippen LogP contribution in [-0.4, -0.2) is 34.6 Å². The summed E-state index contributed by atoms with van der Waals surface area (Å²) in [5.74, 6) is 1.23. The number of imidazole rings is 1. The zero-order valence-electron chi connectivity index (χ0n) is 14.2.